The molecule has 0 unspecified atom stereocenters. The van der Waals surface area contributed by atoms with Crippen molar-refractivity contribution in [1.29, 1.82) is 0 Å². The molecule has 0 saturated heterocycles. The molecule has 1 heterocycles. The van der Waals surface area contributed by atoms with Crippen LogP contribution in [0.4, 0.5) is 0 Å². The molecule has 0 aromatic rings. The largest absolute Gasteiger partial charge is 0.464 e. The second-order valence-corrected chi connectivity index (χ2v) is 3.01. The first-order valence-electron chi connectivity index (χ1n) is 4.77. The zero-order valence-electron chi connectivity index (χ0n) is 8.76. The molecule has 5 heteroatoms. The van der Waals surface area contributed by atoms with E-state index in [1.807, 2.05) is 0 Å². The van der Waals surface area contributed by atoms with Crippen LogP contribution in [0, 0.1) is 0 Å². The molecule has 0 aromatic carbocycles. The number of hydrogen-bond acceptors (Lipinski definition) is 5. The lowest BCUT2D eigenvalue weighted by Crippen LogP contribution is -2.41. The van der Waals surface area contributed by atoms with Crippen molar-refractivity contribution >= 4 is 11.9 Å². The van der Waals surface area contributed by atoms with Crippen molar-refractivity contribution in [2.45, 2.75) is 26.1 Å². The Morgan fingerprint density at radius 2 is 2.27 bits per heavy atom. The van der Waals surface area contributed by atoms with Crippen LogP contribution in [0.25, 0.3) is 0 Å². The second-order valence-electron chi connectivity index (χ2n) is 3.01. The van der Waals surface area contributed by atoms with Gasteiger partial charge in [-0.2, -0.15) is 0 Å². The number of rotatable bonds is 3. The second kappa shape index (κ2) is 5.50. The van der Waals surface area contributed by atoms with Crippen LogP contribution in [0.2, 0.25) is 0 Å². The molecule has 0 spiro atoms. The normalized spacial score (nSPS) is 24.7. The van der Waals surface area contributed by atoms with E-state index in [0.29, 0.717) is 6.61 Å². The molecule has 15 heavy (non-hydrogen) atoms. The maximum Gasteiger partial charge on any atom is 0.339 e. The summed E-state index contributed by atoms with van der Waals surface area (Å²) >= 11 is 0. The Kier molecular flexibility index (Phi) is 4.30. The molecule has 84 valence electrons. The van der Waals surface area contributed by atoms with E-state index < -0.39 is 24.1 Å². The lowest BCUT2D eigenvalue weighted by molar-refractivity contribution is -0.169. The quantitative estimate of drug-likeness (QED) is 0.503. The first-order valence-corrected chi connectivity index (χ1v) is 4.77. The summed E-state index contributed by atoms with van der Waals surface area (Å²) < 4.78 is 14.9. The van der Waals surface area contributed by atoms with E-state index in [2.05, 4.69) is 0 Å². The molecule has 2 atom stereocenters. The van der Waals surface area contributed by atoms with Crippen LogP contribution in [-0.2, 0) is 23.8 Å². The van der Waals surface area contributed by atoms with Crippen LogP contribution in [-0.4, -0.2) is 37.4 Å². The Morgan fingerprint density at radius 1 is 1.53 bits per heavy atom. The van der Waals surface area contributed by atoms with Gasteiger partial charge in [0, 0.05) is 6.92 Å². The van der Waals surface area contributed by atoms with Crippen LogP contribution in [0.5, 0.6) is 0 Å². The fraction of sp³-hybridized carbons (Fsp3) is 0.600. The van der Waals surface area contributed by atoms with Crippen molar-refractivity contribution in [2.24, 2.45) is 0 Å². The Labute approximate surface area is 88.0 Å². The molecule has 1 aliphatic rings. The highest BCUT2D eigenvalue weighted by Gasteiger charge is 2.32. The van der Waals surface area contributed by atoms with Crippen molar-refractivity contribution < 1.29 is 23.8 Å². The summed E-state index contributed by atoms with van der Waals surface area (Å²) in [7, 11) is 0. The highest BCUT2D eigenvalue weighted by Crippen LogP contribution is 2.13. The predicted molar refractivity (Wildman–Crippen MR) is 51.1 cm³/mol. The smallest absolute Gasteiger partial charge is 0.339 e. The van der Waals surface area contributed by atoms with E-state index in [0.717, 1.165) is 0 Å². The van der Waals surface area contributed by atoms with E-state index in [1.54, 1.807) is 19.1 Å². The highest BCUT2D eigenvalue weighted by atomic mass is 16.6. The van der Waals surface area contributed by atoms with Crippen molar-refractivity contribution in [2.75, 3.05) is 13.2 Å². The third-order valence-corrected chi connectivity index (χ3v) is 1.82. The third kappa shape index (κ3) is 3.36. The van der Waals surface area contributed by atoms with Crippen LogP contribution in [0.15, 0.2) is 12.2 Å². The van der Waals surface area contributed by atoms with Crippen LogP contribution < -0.4 is 0 Å². The van der Waals surface area contributed by atoms with E-state index in [4.69, 9.17) is 14.2 Å². The minimum absolute atomic E-state index is 0.273. The molecular formula is C10H14O5. The maximum absolute atomic E-state index is 11.4. The summed E-state index contributed by atoms with van der Waals surface area (Å²) in [6.45, 7) is 3.58. The van der Waals surface area contributed by atoms with Crippen molar-refractivity contribution in [1.82, 2.24) is 0 Å². The zero-order chi connectivity index (χ0) is 11.3. The van der Waals surface area contributed by atoms with Gasteiger partial charge >= 0.3 is 11.9 Å². The van der Waals surface area contributed by atoms with Gasteiger partial charge in [-0.15, -0.1) is 0 Å². The lowest BCUT2D eigenvalue weighted by atomic mass is 10.1. The molecule has 0 bridgehead atoms. The van der Waals surface area contributed by atoms with Gasteiger partial charge in [0.15, 0.2) is 12.2 Å². The van der Waals surface area contributed by atoms with Gasteiger partial charge in [0.2, 0.25) is 0 Å². The van der Waals surface area contributed by atoms with E-state index in [9.17, 15) is 9.59 Å². The van der Waals surface area contributed by atoms with E-state index in [-0.39, 0.29) is 6.61 Å². The van der Waals surface area contributed by atoms with Crippen molar-refractivity contribution in [3.8, 4) is 0 Å². The molecule has 0 aliphatic carbocycles. The fourth-order valence-corrected chi connectivity index (χ4v) is 1.26. The molecule has 0 amide bonds. The summed E-state index contributed by atoms with van der Waals surface area (Å²) in [5, 5.41) is 0. The van der Waals surface area contributed by atoms with Crippen molar-refractivity contribution in [3.63, 3.8) is 0 Å². The molecule has 5 nitrogen and oxygen atoms in total. The van der Waals surface area contributed by atoms with E-state index in [1.165, 1.54) is 6.92 Å². The number of carbonyl (C=O) groups is 2. The van der Waals surface area contributed by atoms with Gasteiger partial charge < -0.3 is 14.2 Å². The van der Waals surface area contributed by atoms with Crippen molar-refractivity contribution in [3.05, 3.63) is 12.2 Å². The van der Waals surface area contributed by atoms with Gasteiger partial charge in [-0.25, -0.2) is 4.79 Å². The molecule has 0 N–H and O–H groups in total. The summed E-state index contributed by atoms with van der Waals surface area (Å²) in [6.07, 6.45) is 1.80. The lowest BCUT2D eigenvalue weighted by Gasteiger charge is -2.25. The molecule has 1 aliphatic heterocycles. The number of ether oxygens (including phenoxy) is 3. The molecule has 1 rings (SSSR count). The summed E-state index contributed by atoms with van der Waals surface area (Å²) in [6, 6.07) is 0. The summed E-state index contributed by atoms with van der Waals surface area (Å²) in [5.41, 5.74) is 0. The minimum atomic E-state index is -0.848. The molecular weight excluding hydrogens is 200 g/mol. The van der Waals surface area contributed by atoms with Gasteiger partial charge in [0.25, 0.3) is 0 Å². The van der Waals surface area contributed by atoms with Gasteiger partial charge in [-0.1, -0.05) is 6.08 Å². The third-order valence-electron chi connectivity index (χ3n) is 1.82. The summed E-state index contributed by atoms with van der Waals surface area (Å²) in [4.78, 5) is 22.2. The first-order chi connectivity index (χ1) is 7.15. The number of esters is 2. The predicted octanol–water partition coefficient (Wildman–Crippen LogP) is 0.436. The van der Waals surface area contributed by atoms with Gasteiger partial charge in [-0.05, 0) is 13.0 Å². The number of carbonyl (C=O) groups excluding carboxylic acids is 2. The first kappa shape index (κ1) is 11.7. The van der Waals surface area contributed by atoms with Gasteiger partial charge in [0.1, 0.15) is 0 Å². The highest BCUT2D eigenvalue weighted by molar-refractivity contribution is 5.77. The number of hydrogen-bond donors (Lipinski definition) is 0. The average Bonchev–Trinajstić information content (AvgIpc) is 2.18. The molecule has 0 saturated carbocycles. The maximum atomic E-state index is 11.4. The summed E-state index contributed by atoms with van der Waals surface area (Å²) in [5.74, 6) is -0.961. The molecule has 0 fully saturated rings. The monoisotopic (exact) mass is 214 g/mol. The van der Waals surface area contributed by atoms with E-state index >= 15 is 0 Å². The van der Waals surface area contributed by atoms with Crippen LogP contribution in [0.3, 0.4) is 0 Å². The average molecular weight is 214 g/mol. The molecule has 0 aromatic heterocycles. The fourth-order valence-electron chi connectivity index (χ4n) is 1.26. The van der Waals surface area contributed by atoms with Crippen LogP contribution in [0.1, 0.15) is 13.8 Å². The zero-order valence-corrected chi connectivity index (χ0v) is 8.76. The Morgan fingerprint density at radius 3 is 2.87 bits per heavy atom. The standard InChI is InChI=1S/C10H14O5/c1-3-13-10(12)9-8(15-7(2)11)5-4-6-14-9/h4-5,8-9H,3,6H2,1-2H3/t8-,9+/m1/s1. The van der Waals surface area contributed by atoms with Gasteiger partial charge in [-0.3, -0.25) is 4.79 Å². The molecule has 0 radical (unpaired) electrons. The van der Waals surface area contributed by atoms with Gasteiger partial charge in [0.05, 0.1) is 13.2 Å². The Balaban J connectivity index is 2.63. The minimum Gasteiger partial charge on any atom is -0.464 e. The Bertz CT molecular complexity index is 271. The van der Waals surface area contributed by atoms with Crippen LogP contribution >= 0.6 is 0 Å². The topological polar surface area (TPSA) is 61.8 Å². The Hall–Kier alpha value is -1.36. The SMILES string of the molecule is CCOC(=O)[C@H]1OCC=C[C@H]1OC(C)=O.